The highest BCUT2D eigenvalue weighted by atomic mass is 16.8. The zero-order valence-electron chi connectivity index (χ0n) is 15.4. The Morgan fingerprint density at radius 2 is 1.89 bits per heavy atom. The molecule has 0 aromatic rings. The molecule has 0 aromatic carbocycles. The van der Waals surface area contributed by atoms with Crippen molar-refractivity contribution in [2.24, 2.45) is 11.8 Å². The third-order valence-corrected chi connectivity index (χ3v) is 5.66. The molecule has 0 unspecified atom stereocenters. The summed E-state index contributed by atoms with van der Waals surface area (Å²) in [6.07, 6.45) is -8.88. The molecule has 3 rings (SSSR count). The summed E-state index contributed by atoms with van der Waals surface area (Å²) in [5.41, 5.74) is -1.46. The van der Waals surface area contributed by atoms with Crippen LogP contribution in [0.4, 0.5) is 0 Å². The van der Waals surface area contributed by atoms with Gasteiger partial charge in [-0.1, -0.05) is 0 Å². The van der Waals surface area contributed by atoms with Gasteiger partial charge in [-0.05, 0) is 6.92 Å². The van der Waals surface area contributed by atoms with Gasteiger partial charge in [-0.3, -0.25) is 0 Å². The highest BCUT2D eigenvalue weighted by molar-refractivity contribution is 5.89. The van der Waals surface area contributed by atoms with E-state index in [1.807, 2.05) is 0 Å². The molecule has 2 heterocycles. The Labute approximate surface area is 160 Å². The van der Waals surface area contributed by atoms with Crippen molar-refractivity contribution in [2.45, 2.75) is 62.0 Å². The lowest BCUT2D eigenvalue weighted by Gasteiger charge is -2.44. The van der Waals surface area contributed by atoms with E-state index in [2.05, 4.69) is 0 Å². The summed E-state index contributed by atoms with van der Waals surface area (Å²) in [5, 5.41) is 60.4. The summed E-state index contributed by atoms with van der Waals surface area (Å²) in [6, 6.07) is 0. The van der Waals surface area contributed by atoms with E-state index < -0.39 is 73.1 Å². The van der Waals surface area contributed by atoms with Crippen molar-refractivity contribution in [2.75, 3.05) is 13.7 Å². The fourth-order valence-electron chi connectivity index (χ4n) is 4.21. The second-order valence-corrected chi connectivity index (χ2v) is 7.58. The Morgan fingerprint density at radius 3 is 2.50 bits per heavy atom. The monoisotopic (exact) mass is 406 g/mol. The second kappa shape index (κ2) is 7.84. The van der Waals surface area contributed by atoms with E-state index in [1.165, 1.54) is 14.0 Å². The van der Waals surface area contributed by atoms with E-state index in [-0.39, 0.29) is 12.0 Å². The van der Waals surface area contributed by atoms with Crippen molar-refractivity contribution in [3.8, 4) is 0 Å². The van der Waals surface area contributed by atoms with Crippen molar-refractivity contribution in [3.05, 3.63) is 11.8 Å². The van der Waals surface area contributed by atoms with E-state index in [0.29, 0.717) is 0 Å². The van der Waals surface area contributed by atoms with Gasteiger partial charge in [0, 0.05) is 12.3 Å². The van der Waals surface area contributed by atoms with Crippen LogP contribution in [0.2, 0.25) is 0 Å². The second-order valence-electron chi connectivity index (χ2n) is 7.58. The van der Waals surface area contributed by atoms with Crippen LogP contribution in [0.25, 0.3) is 0 Å². The smallest absolute Gasteiger partial charge is 0.337 e. The first-order valence-electron chi connectivity index (χ1n) is 8.92. The molecule has 6 N–H and O–H groups in total. The summed E-state index contributed by atoms with van der Waals surface area (Å²) in [7, 11) is 1.17. The number of fused-ring (bicyclic) bond motifs is 1. The van der Waals surface area contributed by atoms with Crippen molar-refractivity contribution in [3.63, 3.8) is 0 Å². The zero-order valence-corrected chi connectivity index (χ0v) is 15.4. The molecule has 1 aliphatic carbocycles. The molecule has 2 aliphatic heterocycles. The highest BCUT2D eigenvalue weighted by Crippen LogP contribution is 2.49. The van der Waals surface area contributed by atoms with Gasteiger partial charge in [0.25, 0.3) is 0 Å². The average molecular weight is 406 g/mol. The molecule has 0 amide bonds. The first-order valence-corrected chi connectivity index (χ1v) is 8.92. The van der Waals surface area contributed by atoms with Crippen LogP contribution in [0.3, 0.4) is 0 Å². The fourth-order valence-corrected chi connectivity index (χ4v) is 4.21. The molecule has 0 bridgehead atoms. The molecule has 11 nitrogen and oxygen atoms in total. The van der Waals surface area contributed by atoms with E-state index in [4.69, 9.17) is 18.9 Å². The first kappa shape index (κ1) is 21.4. The van der Waals surface area contributed by atoms with Gasteiger partial charge in [-0.15, -0.1) is 0 Å². The summed E-state index contributed by atoms with van der Waals surface area (Å²) in [6.45, 7) is 0.819. The van der Waals surface area contributed by atoms with Crippen LogP contribution in [0.1, 0.15) is 13.3 Å². The number of aliphatic hydroxyl groups excluding tert-OH is 5. The predicted octanol–water partition coefficient (Wildman–Crippen LogP) is -3.04. The van der Waals surface area contributed by atoms with E-state index in [1.54, 1.807) is 0 Å². The van der Waals surface area contributed by atoms with Crippen molar-refractivity contribution < 1.29 is 54.4 Å². The van der Waals surface area contributed by atoms with Crippen molar-refractivity contribution in [1.29, 1.82) is 0 Å². The van der Waals surface area contributed by atoms with Crippen LogP contribution in [0.15, 0.2) is 11.8 Å². The summed E-state index contributed by atoms with van der Waals surface area (Å²) >= 11 is 0. The number of aliphatic hydroxyl groups is 6. The average Bonchev–Trinajstić information content (AvgIpc) is 2.91. The molecule has 2 fully saturated rings. The maximum Gasteiger partial charge on any atom is 0.337 e. The molecule has 10 atom stereocenters. The normalized spacial score (nSPS) is 48.4. The van der Waals surface area contributed by atoms with Crippen LogP contribution in [-0.4, -0.2) is 99.0 Å². The molecule has 0 aromatic heterocycles. The van der Waals surface area contributed by atoms with Gasteiger partial charge in [0.15, 0.2) is 6.29 Å². The Bertz CT molecular complexity index is 618. The van der Waals surface area contributed by atoms with Gasteiger partial charge < -0.3 is 49.6 Å². The minimum atomic E-state index is -1.66. The van der Waals surface area contributed by atoms with Gasteiger partial charge in [0.05, 0.1) is 43.2 Å². The van der Waals surface area contributed by atoms with Gasteiger partial charge in [0.1, 0.15) is 24.4 Å². The maximum atomic E-state index is 12.0. The van der Waals surface area contributed by atoms with Crippen LogP contribution >= 0.6 is 0 Å². The molecule has 160 valence electrons. The van der Waals surface area contributed by atoms with Gasteiger partial charge in [-0.2, -0.15) is 0 Å². The number of carbonyl (C=O) groups excluding carboxylic acids is 1. The highest BCUT2D eigenvalue weighted by Gasteiger charge is 2.59. The number of rotatable bonds is 4. The standard InChI is InChI=1S/C17H26O11/c1-17(24)3-7(19)9-6(14(23)25-2)5-26-15(10(9)17)28-16-13(22)12(21)11(20)8(4-18)27-16/h5,7-13,15-16,18-22,24H,3-4H2,1-2H3/t7-,8+,9+,10-,11+,12-,13+,15+,16-,17+/m0/s1. The van der Waals surface area contributed by atoms with Crippen LogP contribution in [0.5, 0.6) is 0 Å². The number of hydrogen-bond donors (Lipinski definition) is 6. The molecule has 3 aliphatic rings. The molecule has 1 saturated heterocycles. The number of methoxy groups -OCH3 is 1. The summed E-state index contributed by atoms with van der Waals surface area (Å²) in [5.74, 6) is -2.50. The Balaban J connectivity index is 1.86. The third-order valence-electron chi connectivity index (χ3n) is 5.66. The lowest BCUT2D eigenvalue weighted by atomic mass is 9.80. The summed E-state index contributed by atoms with van der Waals surface area (Å²) in [4.78, 5) is 12.0. The zero-order chi connectivity index (χ0) is 20.8. The van der Waals surface area contributed by atoms with Crippen LogP contribution < -0.4 is 0 Å². The topological polar surface area (TPSA) is 175 Å². The Morgan fingerprint density at radius 1 is 1.21 bits per heavy atom. The third kappa shape index (κ3) is 3.53. The minimum absolute atomic E-state index is 0.0337. The molecule has 28 heavy (non-hydrogen) atoms. The molecule has 0 radical (unpaired) electrons. The lowest BCUT2D eigenvalue weighted by molar-refractivity contribution is -0.346. The fraction of sp³-hybridized carbons (Fsp3) is 0.824. The molecular formula is C17H26O11. The largest absolute Gasteiger partial charge is 0.471 e. The Kier molecular flexibility index (Phi) is 5.99. The van der Waals surface area contributed by atoms with Crippen LogP contribution in [0, 0.1) is 11.8 Å². The van der Waals surface area contributed by atoms with Crippen LogP contribution in [-0.2, 0) is 23.7 Å². The van der Waals surface area contributed by atoms with E-state index in [0.717, 1.165) is 6.26 Å². The molecule has 11 heteroatoms. The Hall–Kier alpha value is -1.31. The predicted molar refractivity (Wildman–Crippen MR) is 88.1 cm³/mol. The first-order chi connectivity index (χ1) is 13.1. The molecule has 0 spiro atoms. The van der Waals surface area contributed by atoms with Crippen molar-refractivity contribution >= 4 is 5.97 Å². The molecule has 1 saturated carbocycles. The van der Waals surface area contributed by atoms with E-state index in [9.17, 15) is 35.4 Å². The number of carbonyl (C=O) groups is 1. The van der Waals surface area contributed by atoms with Gasteiger partial charge in [0.2, 0.25) is 6.29 Å². The van der Waals surface area contributed by atoms with Crippen molar-refractivity contribution in [1.82, 2.24) is 0 Å². The maximum absolute atomic E-state index is 12.0. The SMILES string of the molecule is COC(=O)C1=CO[C@H](O[C@@H]2O[C@H](CO)[C@@H](O)[C@H](O)[C@H]2O)[C@@H]2[C@H]1[C@@H](O)C[C@@]2(C)O. The number of esters is 1. The van der Waals surface area contributed by atoms with Gasteiger partial charge in [-0.25, -0.2) is 4.79 Å². The van der Waals surface area contributed by atoms with E-state index >= 15 is 0 Å². The minimum Gasteiger partial charge on any atom is -0.471 e. The number of ether oxygens (including phenoxy) is 4. The quantitative estimate of drug-likeness (QED) is 0.262. The lowest BCUT2D eigenvalue weighted by Crippen LogP contribution is -2.60. The summed E-state index contributed by atoms with van der Waals surface area (Å²) < 4.78 is 21.1. The molecular weight excluding hydrogens is 380 g/mol. The van der Waals surface area contributed by atoms with Gasteiger partial charge >= 0.3 is 5.97 Å². The number of hydrogen-bond acceptors (Lipinski definition) is 11.